The molecule has 1 aromatic heterocycles. The third kappa shape index (κ3) is 7.92. The molecule has 0 spiro atoms. The van der Waals surface area contributed by atoms with Gasteiger partial charge >= 0.3 is 0 Å². The average Bonchev–Trinajstić information content (AvgIpc) is 3.05. The molecule has 0 aliphatic carbocycles. The number of carbonyl (C=O) groups is 1. The Morgan fingerprint density at radius 3 is 2.78 bits per heavy atom. The summed E-state index contributed by atoms with van der Waals surface area (Å²) in [6.07, 6.45) is 7.16. The summed E-state index contributed by atoms with van der Waals surface area (Å²) in [7, 11) is 0. The topological polar surface area (TPSA) is 77.9 Å². The molecule has 1 saturated heterocycles. The molecule has 1 aliphatic rings. The zero-order valence-electron chi connectivity index (χ0n) is 18.4. The van der Waals surface area contributed by atoms with Crippen LogP contribution < -0.4 is 10.2 Å². The SMILES string of the molecule is C=CCOC[C@@H](O)CN1CCCN(c2ccc(NC(=O)/C=C/c3ccccc3)cn2)CC1. The van der Waals surface area contributed by atoms with E-state index in [4.69, 9.17) is 4.74 Å². The molecule has 1 aliphatic heterocycles. The number of nitrogens with zero attached hydrogens (tertiary/aromatic N) is 3. The van der Waals surface area contributed by atoms with Crippen LogP contribution in [0.4, 0.5) is 11.5 Å². The van der Waals surface area contributed by atoms with Crippen LogP contribution in [0, 0.1) is 0 Å². The van der Waals surface area contributed by atoms with Gasteiger partial charge in [0.1, 0.15) is 5.82 Å². The summed E-state index contributed by atoms with van der Waals surface area (Å²) in [5, 5.41) is 13.0. The lowest BCUT2D eigenvalue weighted by atomic mass is 10.2. The van der Waals surface area contributed by atoms with Crippen LogP contribution in [0.25, 0.3) is 6.08 Å². The molecule has 7 nitrogen and oxygen atoms in total. The van der Waals surface area contributed by atoms with Gasteiger partial charge in [-0.15, -0.1) is 6.58 Å². The van der Waals surface area contributed by atoms with Crippen molar-refractivity contribution in [3.8, 4) is 0 Å². The highest BCUT2D eigenvalue weighted by molar-refractivity contribution is 6.01. The zero-order chi connectivity index (χ0) is 22.6. The minimum atomic E-state index is -0.501. The molecular formula is C25H32N4O3. The van der Waals surface area contributed by atoms with Gasteiger partial charge in [-0.05, 0) is 36.7 Å². The van der Waals surface area contributed by atoms with Gasteiger partial charge in [-0.1, -0.05) is 36.4 Å². The van der Waals surface area contributed by atoms with E-state index in [1.165, 1.54) is 6.08 Å². The van der Waals surface area contributed by atoms with E-state index in [1.54, 1.807) is 18.3 Å². The maximum Gasteiger partial charge on any atom is 0.248 e. The summed E-state index contributed by atoms with van der Waals surface area (Å²) in [4.78, 5) is 21.2. The Hall–Kier alpha value is -3.00. The Balaban J connectivity index is 1.46. The smallest absolute Gasteiger partial charge is 0.248 e. The lowest BCUT2D eigenvalue weighted by molar-refractivity contribution is -0.111. The Morgan fingerprint density at radius 1 is 1.19 bits per heavy atom. The Kier molecular flexibility index (Phi) is 9.43. The van der Waals surface area contributed by atoms with Crippen molar-refractivity contribution in [3.63, 3.8) is 0 Å². The van der Waals surface area contributed by atoms with Crippen LogP contribution in [0.15, 0.2) is 67.4 Å². The Labute approximate surface area is 190 Å². The van der Waals surface area contributed by atoms with Crippen LogP contribution in [0.2, 0.25) is 0 Å². The number of aliphatic hydroxyl groups is 1. The van der Waals surface area contributed by atoms with E-state index < -0.39 is 6.10 Å². The van der Waals surface area contributed by atoms with E-state index in [9.17, 15) is 9.90 Å². The molecule has 1 aromatic carbocycles. The molecule has 0 unspecified atom stereocenters. The Morgan fingerprint density at radius 2 is 2.03 bits per heavy atom. The highest BCUT2D eigenvalue weighted by Gasteiger charge is 2.18. The quantitative estimate of drug-likeness (QED) is 0.339. The van der Waals surface area contributed by atoms with Crippen molar-refractivity contribution in [2.45, 2.75) is 12.5 Å². The molecule has 2 aromatic rings. The first-order chi connectivity index (χ1) is 15.6. The number of anilines is 2. The second-order valence-electron chi connectivity index (χ2n) is 7.76. The molecule has 7 heteroatoms. The van der Waals surface area contributed by atoms with Crippen LogP contribution in [0.1, 0.15) is 12.0 Å². The number of hydrogen-bond acceptors (Lipinski definition) is 6. The van der Waals surface area contributed by atoms with Gasteiger partial charge in [0.25, 0.3) is 0 Å². The largest absolute Gasteiger partial charge is 0.389 e. The lowest BCUT2D eigenvalue weighted by Gasteiger charge is -2.24. The third-order valence-electron chi connectivity index (χ3n) is 5.17. The van der Waals surface area contributed by atoms with E-state index in [1.807, 2.05) is 42.5 Å². The summed E-state index contributed by atoms with van der Waals surface area (Å²) >= 11 is 0. The van der Waals surface area contributed by atoms with Gasteiger partial charge in [0.05, 0.1) is 31.2 Å². The predicted molar refractivity (Wildman–Crippen MR) is 129 cm³/mol. The van der Waals surface area contributed by atoms with Crippen molar-refractivity contribution in [2.75, 3.05) is 56.2 Å². The Bertz CT molecular complexity index is 871. The van der Waals surface area contributed by atoms with Crippen molar-refractivity contribution in [2.24, 2.45) is 0 Å². The summed E-state index contributed by atoms with van der Waals surface area (Å²) in [6.45, 7) is 8.49. The van der Waals surface area contributed by atoms with Gasteiger partial charge in [-0.2, -0.15) is 0 Å². The number of β-amino-alcohol motifs (C(OH)–C–C–N with tert-alkyl or cyclic N) is 1. The van der Waals surface area contributed by atoms with Crippen molar-refractivity contribution in [1.82, 2.24) is 9.88 Å². The van der Waals surface area contributed by atoms with Gasteiger partial charge in [-0.3, -0.25) is 9.69 Å². The number of amides is 1. The average molecular weight is 437 g/mol. The van der Waals surface area contributed by atoms with Crippen molar-refractivity contribution in [1.29, 1.82) is 0 Å². The summed E-state index contributed by atoms with van der Waals surface area (Å²) in [5.41, 5.74) is 1.64. The van der Waals surface area contributed by atoms with Crippen LogP contribution in [-0.2, 0) is 9.53 Å². The molecule has 2 heterocycles. The number of carbonyl (C=O) groups excluding carboxylic acids is 1. The van der Waals surface area contributed by atoms with Gasteiger partial charge in [-0.25, -0.2) is 4.98 Å². The number of ether oxygens (including phenoxy) is 1. The summed E-state index contributed by atoms with van der Waals surface area (Å²) in [5.74, 6) is 0.698. The highest BCUT2D eigenvalue weighted by Crippen LogP contribution is 2.17. The van der Waals surface area contributed by atoms with Crippen molar-refractivity contribution in [3.05, 3.63) is 73.0 Å². The lowest BCUT2D eigenvalue weighted by Crippen LogP contribution is -2.37. The number of hydrogen-bond donors (Lipinski definition) is 2. The first-order valence-electron chi connectivity index (χ1n) is 11.0. The van der Waals surface area contributed by atoms with Crippen molar-refractivity contribution >= 4 is 23.5 Å². The molecule has 1 fully saturated rings. The summed E-state index contributed by atoms with van der Waals surface area (Å²) < 4.78 is 5.33. The molecule has 0 bridgehead atoms. The number of aromatic nitrogens is 1. The third-order valence-corrected chi connectivity index (χ3v) is 5.17. The molecule has 0 saturated carbocycles. The second-order valence-corrected chi connectivity index (χ2v) is 7.76. The van der Waals surface area contributed by atoms with E-state index in [2.05, 4.69) is 26.7 Å². The molecule has 170 valence electrons. The minimum absolute atomic E-state index is 0.190. The maximum atomic E-state index is 12.1. The van der Waals surface area contributed by atoms with Crippen LogP contribution in [0.3, 0.4) is 0 Å². The highest BCUT2D eigenvalue weighted by atomic mass is 16.5. The number of pyridine rings is 1. The zero-order valence-corrected chi connectivity index (χ0v) is 18.4. The van der Waals surface area contributed by atoms with E-state index >= 15 is 0 Å². The maximum absolute atomic E-state index is 12.1. The van der Waals surface area contributed by atoms with Crippen molar-refractivity contribution < 1.29 is 14.6 Å². The first kappa shape index (κ1) is 23.7. The fourth-order valence-corrected chi connectivity index (χ4v) is 3.59. The molecule has 1 amide bonds. The van der Waals surface area contributed by atoms with Crippen LogP contribution in [0.5, 0.6) is 0 Å². The predicted octanol–water partition coefficient (Wildman–Crippen LogP) is 2.81. The van der Waals surface area contributed by atoms with E-state index in [0.717, 1.165) is 44.0 Å². The van der Waals surface area contributed by atoms with Gasteiger partial charge < -0.3 is 20.1 Å². The van der Waals surface area contributed by atoms with Crippen LogP contribution in [-0.4, -0.2) is 72.9 Å². The second kappa shape index (κ2) is 12.8. The molecule has 1 atom stereocenters. The number of nitrogens with one attached hydrogen (secondary N) is 1. The van der Waals surface area contributed by atoms with Crippen LogP contribution >= 0.6 is 0 Å². The molecule has 32 heavy (non-hydrogen) atoms. The monoisotopic (exact) mass is 436 g/mol. The van der Waals surface area contributed by atoms with Gasteiger partial charge in [0, 0.05) is 32.3 Å². The molecule has 3 rings (SSSR count). The molecule has 0 radical (unpaired) electrons. The number of aliphatic hydroxyl groups excluding tert-OH is 1. The molecule has 2 N–H and O–H groups in total. The van der Waals surface area contributed by atoms with E-state index in [-0.39, 0.29) is 5.91 Å². The normalized spacial score (nSPS) is 16.0. The summed E-state index contributed by atoms with van der Waals surface area (Å²) in [6, 6.07) is 13.5. The number of benzene rings is 1. The van der Waals surface area contributed by atoms with Gasteiger partial charge in [0.15, 0.2) is 0 Å². The minimum Gasteiger partial charge on any atom is -0.389 e. The van der Waals surface area contributed by atoms with E-state index in [0.29, 0.717) is 25.4 Å². The standard InChI is InChI=1S/C25H32N4O3/c1-2-17-32-20-23(30)19-28-13-6-14-29(16-15-28)24-11-10-22(18-26-24)27-25(31)12-9-21-7-4-3-5-8-21/h2-5,7-12,18,23,30H,1,6,13-17,19-20H2,(H,27,31)/b12-9+/t23-/m0/s1. The van der Waals surface area contributed by atoms with Gasteiger partial charge in [0.2, 0.25) is 5.91 Å². The molecular weight excluding hydrogens is 404 g/mol. The fraction of sp³-hybridized carbons (Fsp3) is 0.360. The first-order valence-corrected chi connectivity index (χ1v) is 11.0. The number of rotatable bonds is 10. The fourth-order valence-electron chi connectivity index (χ4n) is 3.59.